The van der Waals surface area contributed by atoms with E-state index >= 15 is 0 Å². The smallest absolute Gasteiger partial charge is 0.282 e. The lowest BCUT2D eigenvalue weighted by molar-refractivity contribution is -0.118. The molecule has 0 radical (unpaired) electrons. The highest BCUT2D eigenvalue weighted by molar-refractivity contribution is 7.18. The highest BCUT2D eigenvalue weighted by atomic mass is 32.1. The monoisotopic (exact) mass is 472 g/mol. The van der Waals surface area contributed by atoms with Gasteiger partial charge >= 0.3 is 0 Å². The molecule has 2 aromatic carbocycles. The number of aryl methyl sites for hydroxylation is 3. The van der Waals surface area contributed by atoms with Gasteiger partial charge in [-0.3, -0.25) is 9.59 Å². The molecule has 1 amide bonds. The van der Waals surface area contributed by atoms with Crippen LogP contribution in [0.3, 0.4) is 0 Å². The summed E-state index contributed by atoms with van der Waals surface area (Å²) in [6.45, 7) is 1.85. The number of aromatic nitrogens is 2. The number of rotatable bonds is 6. The van der Waals surface area contributed by atoms with E-state index in [2.05, 4.69) is 15.4 Å². The Morgan fingerprint density at radius 2 is 1.97 bits per heavy atom. The van der Waals surface area contributed by atoms with E-state index in [-0.39, 0.29) is 18.1 Å². The average Bonchev–Trinajstić information content (AvgIpc) is 3.24. The summed E-state index contributed by atoms with van der Waals surface area (Å²) in [6, 6.07) is 14.8. The van der Waals surface area contributed by atoms with Crippen molar-refractivity contribution < 1.29 is 9.53 Å². The second-order valence-electron chi connectivity index (χ2n) is 8.25. The third-order valence-electron chi connectivity index (χ3n) is 5.86. The van der Waals surface area contributed by atoms with Gasteiger partial charge in [0, 0.05) is 10.6 Å². The molecule has 34 heavy (non-hydrogen) atoms. The second kappa shape index (κ2) is 9.61. The van der Waals surface area contributed by atoms with E-state index in [0.717, 1.165) is 46.5 Å². The van der Waals surface area contributed by atoms with Crippen molar-refractivity contribution in [1.29, 1.82) is 0 Å². The van der Waals surface area contributed by atoms with Gasteiger partial charge in [0.05, 0.1) is 11.6 Å². The molecule has 0 fully saturated rings. The largest absolute Gasteiger partial charge is 0.484 e. The molecule has 0 saturated carbocycles. The summed E-state index contributed by atoms with van der Waals surface area (Å²) < 4.78 is 6.88. The van der Waals surface area contributed by atoms with Crippen LogP contribution in [0, 0.1) is 6.92 Å². The molecule has 0 spiro atoms. The zero-order valence-corrected chi connectivity index (χ0v) is 19.6. The number of hydrogen-bond acceptors (Lipinski definition) is 6. The molecule has 1 aliphatic carbocycles. The maximum Gasteiger partial charge on any atom is 0.282 e. The van der Waals surface area contributed by atoms with Gasteiger partial charge in [-0.1, -0.05) is 18.2 Å². The van der Waals surface area contributed by atoms with Gasteiger partial charge in [-0.25, -0.2) is 4.98 Å². The van der Waals surface area contributed by atoms with Crippen molar-refractivity contribution in [2.45, 2.75) is 32.6 Å². The lowest BCUT2D eigenvalue weighted by Gasteiger charge is -2.09. The summed E-state index contributed by atoms with van der Waals surface area (Å²) in [7, 11) is 0. The van der Waals surface area contributed by atoms with Gasteiger partial charge in [0.25, 0.3) is 11.5 Å². The van der Waals surface area contributed by atoms with Crippen LogP contribution < -0.4 is 15.6 Å². The van der Waals surface area contributed by atoms with Crippen molar-refractivity contribution in [3.63, 3.8) is 0 Å². The van der Waals surface area contributed by atoms with Gasteiger partial charge in [-0.2, -0.15) is 9.78 Å². The van der Waals surface area contributed by atoms with Crippen LogP contribution in [0.4, 0.5) is 5.69 Å². The van der Waals surface area contributed by atoms with Crippen molar-refractivity contribution in [3.05, 3.63) is 86.8 Å². The molecular weight excluding hydrogens is 448 g/mol. The lowest BCUT2D eigenvalue weighted by Crippen LogP contribution is -2.20. The Balaban J connectivity index is 1.24. The van der Waals surface area contributed by atoms with Crippen LogP contribution in [-0.2, 0) is 17.6 Å². The van der Waals surface area contributed by atoms with Crippen molar-refractivity contribution in [3.8, 4) is 5.75 Å². The molecular formula is C26H24N4O3S. The first kappa shape index (κ1) is 22.0. The lowest BCUT2D eigenvalue weighted by atomic mass is 9.97. The molecule has 0 bridgehead atoms. The number of benzene rings is 2. The molecule has 4 aromatic rings. The molecule has 1 aliphatic rings. The first-order valence-electron chi connectivity index (χ1n) is 11.2. The van der Waals surface area contributed by atoms with Gasteiger partial charge in [0.2, 0.25) is 0 Å². The summed E-state index contributed by atoms with van der Waals surface area (Å²) >= 11 is 1.63. The fourth-order valence-corrected chi connectivity index (χ4v) is 5.27. The van der Waals surface area contributed by atoms with E-state index in [0.29, 0.717) is 11.1 Å². The average molecular weight is 473 g/mol. The Morgan fingerprint density at radius 1 is 1.18 bits per heavy atom. The summed E-state index contributed by atoms with van der Waals surface area (Å²) in [5, 5.41) is 7.89. The number of carbonyl (C=O) groups is 1. The molecule has 2 heterocycles. The van der Waals surface area contributed by atoms with Gasteiger partial charge in [0.15, 0.2) is 6.61 Å². The van der Waals surface area contributed by atoms with Crippen LogP contribution in [0.15, 0.2) is 64.8 Å². The topological polar surface area (TPSA) is 85.6 Å². The normalized spacial score (nSPS) is 13.2. The number of amides is 1. The maximum atomic E-state index is 13.0. The molecule has 0 unspecified atom stereocenters. The number of nitrogens with zero attached hydrogens (tertiary/aromatic N) is 3. The molecule has 2 aromatic heterocycles. The van der Waals surface area contributed by atoms with Crippen molar-refractivity contribution in [2.75, 3.05) is 11.9 Å². The highest BCUT2D eigenvalue weighted by Gasteiger charge is 2.19. The number of hydrogen-bond donors (Lipinski definition) is 1. The highest BCUT2D eigenvalue weighted by Crippen LogP contribution is 2.33. The molecule has 0 aliphatic heterocycles. The van der Waals surface area contributed by atoms with E-state index in [1.54, 1.807) is 29.7 Å². The zero-order chi connectivity index (χ0) is 23.5. The zero-order valence-electron chi connectivity index (χ0n) is 18.8. The Morgan fingerprint density at radius 3 is 2.79 bits per heavy atom. The van der Waals surface area contributed by atoms with Gasteiger partial charge in [-0.05, 0) is 79.6 Å². The number of ether oxygens (including phenoxy) is 1. The van der Waals surface area contributed by atoms with Crippen LogP contribution >= 0.6 is 11.3 Å². The summed E-state index contributed by atoms with van der Waals surface area (Å²) in [5.41, 5.74) is 3.60. The number of thiophene rings is 1. The fraction of sp³-hybridized carbons (Fsp3) is 0.231. The minimum absolute atomic E-state index is 0.0895. The summed E-state index contributed by atoms with van der Waals surface area (Å²) in [5.74, 6) is 0.347. The molecule has 0 atom stereocenters. The van der Waals surface area contributed by atoms with E-state index in [1.807, 2.05) is 43.3 Å². The minimum Gasteiger partial charge on any atom is -0.484 e. The van der Waals surface area contributed by atoms with Gasteiger partial charge in [0.1, 0.15) is 16.9 Å². The standard InChI is InChI=1S/C26H24N4O3S/c1-17-6-2-4-8-21(17)29-23(31)15-33-19-12-10-18(11-13-19)14-28-30-16-27-25-24(26(30)32)20-7-3-5-9-22(20)34-25/h2,4,6,8,10-14,16H,3,5,7,9,15H2,1H3,(H,29,31)/b28-14-. The van der Waals surface area contributed by atoms with E-state index < -0.39 is 0 Å². The summed E-state index contributed by atoms with van der Waals surface area (Å²) in [4.78, 5) is 31.7. The number of fused-ring (bicyclic) bond motifs is 3. The second-order valence-corrected chi connectivity index (χ2v) is 9.33. The quantitative estimate of drug-likeness (QED) is 0.418. The third-order valence-corrected chi connectivity index (χ3v) is 7.06. The van der Waals surface area contributed by atoms with Crippen molar-refractivity contribution in [2.24, 2.45) is 5.10 Å². The Kier molecular flexibility index (Phi) is 6.22. The minimum atomic E-state index is -0.224. The van der Waals surface area contributed by atoms with E-state index in [1.165, 1.54) is 22.3 Å². The maximum absolute atomic E-state index is 13.0. The Labute approximate surface area is 200 Å². The first-order valence-corrected chi connectivity index (χ1v) is 12.0. The SMILES string of the molecule is Cc1ccccc1NC(=O)COc1ccc(/C=N\n2cnc3sc4c(c3c2=O)CCCC4)cc1. The van der Waals surface area contributed by atoms with Gasteiger partial charge < -0.3 is 10.1 Å². The van der Waals surface area contributed by atoms with Crippen molar-refractivity contribution >= 4 is 39.4 Å². The van der Waals surface area contributed by atoms with Crippen LogP contribution in [0.1, 0.15) is 34.4 Å². The van der Waals surface area contributed by atoms with Crippen LogP contribution in [0.2, 0.25) is 0 Å². The predicted molar refractivity (Wildman–Crippen MR) is 135 cm³/mol. The summed E-state index contributed by atoms with van der Waals surface area (Å²) in [6.07, 6.45) is 7.34. The molecule has 172 valence electrons. The number of para-hydroxylation sites is 1. The predicted octanol–water partition coefficient (Wildman–Crippen LogP) is 4.54. The fourth-order valence-electron chi connectivity index (χ4n) is 4.05. The molecule has 1 N–H and O–H groups in total. The molecule has 8 heteroatoms. The van der Waals surface area contributed by atoms with E-state index in [4.69, 9.17) is 4.74 Å². The number of carbonyl (C=O) groups excluding carboxylic acids is 1. The molecule has 0 saturated heterocycles. The van der Waals surface area contributed by atoms with Crippen LogP contribution in [-0.4, -0.2) is 28.4 Å². The van der Waals surface area contributed by atoms with Crippen LogP contribution in [0.5, 0.6) is 5.75 Å². The Bertz CT molecular complexity index is 1440. The Hall–Kier alpha value is -3.78. The number of nitrogens with one attached hydrogen (secondary N) is 1. The first-order chi connectivity index (χ1) is 16.6. The van der Waals surface area contributed by atoms with Crippen molar-refractivity contribution in [1.82, 2.24) is 9.66 Å². The van der Waals surface area contributed by atoms with Crippen LogP contribution in [0.25, 0.3) is 10.2 Å². The molecule has 7 nitrogen and oxygen atoms in total. The molecule has 5 rings (SSSR count). The van der Waals surface area contributed by atoms with Gasteiger partial charge in [-0.15, -0.1) is 11.3 Å². The van der Waals surface area contributed by atoms with E-state index in [9.17, 15) is 9.59 Å². The number of anilines is 1. The third kappa shape index (κ3) is 4.63.